The van der Waals surface area contributed by atoms with Crippen LogP contribution >= 0.6 is 0 Å². The summed E-state index contributed by atoms with van der Waals surface area (Å²) in [5.41, 5.74) is 1.82. The predicted octanol–water partition coefficient (Wildman–Crippen LogP) is 1.67. The predicted molar refractivity (Wildman–Crippen MR) is 65.5 cm³/mol. The van der Waals surface area contributed by atoms with E-state index in [9.17, 15) is 9.59 Å². The van der Waals surface area contributed by atoms with Gasteiger partial charge in [-0.1, -0.05) is 30.3 Å². The first-order valence-corrected chi connectivity index (χ1v) is 5.82. The third-order valence-electron chi connectivity index (χ3n) is 3.37. The van der Waals surface area contributed by atoms with E-state index in [1.54, 1.807) is 24.3 Å². The average Bonchev–Trinajstić information content (AvgIpc) is 2.64. The summed E-state index contributed by atoms with van der Waals surface area (Å²) in [5, 5.41) is 0. The van der Waals surface area contributed by atoms with E-state index in [0.29, 0.717) is 11.1 Å². The van der Waals surface area contributed by atoms with E-state index in [4.69, 9.17) is 0 Å². The van der Waals surface area contributed by atoms with Crippen LogP contribution in [0.4, 0.5) is 0 Å². The quantitative estimate of drug-likeness (QED) is 0.560. The van der Waals surface area contributed by atoms with Crippen molar-refractivity contribution < 1.29 is 14.2 Å². The molecule has 0 amide bonds. The van der Waals surface area contributed by atoms with Gasteiger partial charge in [0, 0.05) is 23.3 Å². The number of aryl methyl sites for hydroxylation is 1. The minimum absolute atomic E-state index is 0.0996. The summed E-state index contributed by atoms with van der Waals surface area (Å²) in [5.74, 6) is -0.886. The average molecular weight is 238 g/mol. The van der Waals surface area contributed by atoms with Crippen LogP contribution in [0.25, 0.3) is 0 Å². The lowest BCUT2D eigenvalue weighted by Crippen LogP contribution is -2.37. The topological polar surface area (TPSA) is 38.0 Å². The number of hydrogen-bond acceptors (Lipinski definition) is 2. The Hall–Kier alpha value is -2.29. The number of hydrogen-bond donors (Lipinski definition) is 0. The van der Waals surface area contributed by atoms with Crippen molar-refractivity contribution in [1.82, 2.24) is 0 Å². The van der Waals surface area contributed by atoms with Crippen LogP contribution in [0, 0.1) is 0 Å². The second kappa shape index (κ2) is 3.88. The van der Waals surface area contributed by atoms with E-state index in [1.807, 2.05) is 36.0 Å². The van der Waals surface area contributed by atoms with Crippen molar-refractivity contribution in [2.24, 2.45) is 7.05 Å². The van der Waals surface area contributed by atoms with E-state index < -0.39 is 5.92 Å². The summed E-state index contributed by atoms with van der Waals surface area (Å²) in [6.45, 7) is 0. The SMILES string of the molecule is C[n+]1ccccc1C1C(=O)c2ccccc2C1=O. The number of fused-ring (bicyclic) bond motifs is 1. The van der Waals surface area contributed by atoms with Gasteiger partial charge in [-0.3, -0.25) is 9.59 Å². The van der Waals surface area contributed by atoms with E-state index in [0.717, 1.165) is 5.69 Å². The second-order valence-electron chi connectivity index (χ2n) is 4.44. The lowest BCUT2D eigenvalue weighted by Gasteiger charge is -2.04. The van der Waals surface area contributed by atoms with Crippen LogP contribution in [-0.4, -0.2) is 11.6 Å². The van der Waals surface area contributed by atoms with E-state index >= 15 is 0 Å². The van der Waals surface area contributed by atoms with Crippen molar-refractivity contribution in [3.63, 3.8) is 0 Å². The van der Waals surface area contributed by atoms with E-state index in [2.05, 4.69) is 0 Å². The lowest BCUT2D eigenvalue weighted by atomic mass is 9.99. The Bertz CT molecular complexity index is 626. The van der Waals surface area contributed by atoms with Gasteiger partial charge in [0.05, 0.1) is 0 Å². The van der Waals surface area contributed by atoms with Gasteiger partial charge in [-0.15, -0.1) is 0 Å². The number of rotatable bonds is 1. The minimum atomic E-state index is -0.686. The Kier molecular flexibility index (Phi) is 2.33. The second-order valence-corrected chi connectivity index (χ2v) is 4.44. The van der Waals surface area contributed by atoms with Crippen molar-refractivity contribution in [2.75, 3.05) is 0 Å². The van der Waals surface area contributed by atoms with E-state index in [1.165, 1.54) is 0 Å². The van der Waals surface area contributed by atoms with Gasteiger partial charge in [0.1, 0.15) is 7.05 Å². The number of pyridine rings is 1. The monoisotopic (exact) mass is 238 g/mol. The normalized spacial score (nSPS) is 14.9. The third-order valence-corrected chi connectivity index (χ3v) is 3.37. The lowest BCUT2D eigenvalue weighted by molar-refractivity contribution is -0.679. The Balaban J connectivity index is 2.16. The highest BCUT2D eigenvalue weighted by atomic mass is 16.2. The smallest absolute Gasteiger partial charge is 0.200 e. The molecule has 1 heterocycles. The van der Waals surface area contributed by atoms with Gasteiger partial charge in [-0.25, -0.2) is 4.57 Å². The van der Waals surface area contributed by atoms with Crippen molar-refractivity contribution >= 4 is 11.6 Å². The highest BCUT2D eigenvalue weighted by molar-refractivity contribution is 6.29. The molecule has 0 spiro atoms. The van der Waals surface area contributed by atoms with Crippen molar-refractivity contribution in [3.8, 4) is 0 Å². The first-order valence-electron chi connectivity index (χ1n) is 5.82. The fourth-order valence-electron chi connectivity index (χ4n) is 2.45. The molecule has 0 atom stereocenters. The van der Waals surface area contributed by atoms with Gasteiger partial charge in [0.15, 0.2) is 29.4 Å². The molecule has 3 rings (SSSR count). The molecule has 88 valence electrons. The first-order chi connectivity index (χ1) is 8.70. The zero-order chi connectivity index (χ0) is 12.7. The number of carbonyl (C=O) groups is 2. The Morgan fingerprint density at radius 1 is 0.889 bits per heavy atom. The van der Waals surface area contributed by atoms with Crippen LogP contribution in [0.3, 0.4) is 0 Å². The highest BCUT2D eigenvalue weighted by Gasteiger charge is 2.43. The minimum Gasteiger partial charge on any atom is -0.293 e. The molecule has 0 saturated carbocycles. The van der Waals surface area contributed by atoms with Crippen LogP contribution < -0.4 is 4.57 Å². The fourth-order valence-corrected chi connectivity index (χ4v) is 2.45. The molecule has 2 aromatic rings. The number of carbonyl (C=O) groups excluding carboxylic acids is 2. The van der Waals surface area contributed by atoms with Crippen molar-refractivity contribution in [1.29, 1.82) is 0 Å². The van der Waals surface area contributed by atoms with Gasteiger partial charge < -0.3 is 0 Å². The van der Waals surface area contributed by atoms with Gasteiger partial charge in [0.25, 0.3) is 0 Å². The Labute approximate surface area is 105 Å². The maximum absolute atomic E-state index is 12.3. The van der Waals surface area contributed by atoms with Crippen LogP contribution in [-0.2, 0) is 7.05 Å². The number of ketones is 2. The maximum atomic E-state index is 12.3. The molecule has 3 nitrogen and oxygen atoms in total. The van der Waals surface area contributed by atoms with Crippen LogP contribution in [0.1, 0.15) is 32.3 Å². The molecule has 0 saturated heterocycles. The standard InChI is InChI=1S/C15H12NO2/c1-16-9-5-4-8-12(16)13-14(17)10-6-2-3-7-11(10)15(13)18/h2-9,13H,1H3/q+1. The molecule has 0 radical (unpaired) electrons. The van der Waals surface area contributed by atoms with Gasteiger partial charge in [0.2, 0.25) is 0 Å². The number of Topliss-reactive ketones (excluding diaryl/α,β-unsaturated/α-hetero) is 2. The van der Waals surface area contributed by atoms with Crippen molar-refractivity contribution in [3.05, 3.63) is 65.5 Å². The maximum Gasteiger partial charge on any atom is 0.200 e. The molecule has 1 aromatic heterocycles. The summed E-state index contributed by atoms with van der Waals surface area (Å²) in [6, 6.07) is 12.6. The molecule has 3 heteroatoms. The Morgan fingerprint density at radius 2 is 1.44 bits per heavy atom. The molecule has 0 aliphatic heterocycles. The van der Waals surface area contributed by atoms with Crippen molar-refractivity contribution in [2.45, 2.75) is 5.92 Å². The first kappa shape index (κ1) is 10.8. The summed E-state index contributed by atoms with van der Waals surface area (Å²) in [7, 11) is 1.85. The fraction of sp³-hybridized carbons (Fsp3) is 0.133. The zero-order valence-corrected chi connectivity index (χ0v) is 9.96. The molecule has 1 aliphatic carbocycles. The molecule has 18 heavy (non-hydrogen) atoms. The number of nitrogens with zero attached hydrogens (tertiary/aromatic N) is 1. The Morgan fingerprint density at radius 3 is 2.00 bits per heavy atom. The highest BCUT2D eigenvalue weighted by Crippen LogP contribution is 2.32. The number of aromatic nitrogens is 1. The van der Waals surface area contributed by atoms with Crippen LogP contribution in [0.15, 0.2) is 48.7 Å². The molecule has 0 N–H and O–H groups in total. The molecule has 0 bridgehead atoms. The van der Waals surface area contributed by atoms with Gasteiger partial charge in [-0.2, -0.15) is 0 Å². The van der Waals surface area contributed by atoms with E-state index in [-0.39, 0.29) is 11.6 Å². The molecule has 1 aromatic carbocycles. The van der Waals surface area contributed by atoms with Crippen LogP contribution in [0.2, 0.25) is 0 Å². The molecule has 0 unspecified atom stereocenters. The zero-order valence-electron chi connectivity index (χ0n) is 9.96. The largest absolute Gasteiger partial charge is 0.293 e. The van der Waals surface area contributed by atoms with Crippen LogP contribution in [0.5, 0.6) is 0 Å². The molecule has 1 aliphatic rings. The molecule has 0 fully saturated rings. The number of benzene rings is 1. The summed E-state index contributed by atoms with van der Waals surface area (Å²) in [6.07, 6.45) is 1.85. The molecular weight excluding hydrogens is 226 g/mol. The van der Waals surface area contributed by atoms with Gasteiger partial charge in [-0.05, 0) is 0 Å². The summed E-state index contributed by atoms with van der Waals surface area (Å²) < 4.78 is 1.83. The molecular formula is C15H12NO2+. The van der Waals surface area contributed by atoms with Gasteiger partial charge >= 0.3 is 0 Å². The summed E-state index contributed by atoms with van der Waals surface area (Å²) in [4.78, 5) is 24.7. The summed E-state index contributed by atoms with van der Waals surface area (Å²) >= 11 is 0. The third kappa shape index (κ3) is 1.40.